The maximum absolute atomic E-state index is 12.3. The lowest BCUT2D eigenvalue weighted by Gasteiger charge is -2.08. The first-order chi connectivity index (χ1) is 16.5. The minimum Gasteiger partial charge on any atom is -0.439 e. The van der Waals surface area contributed by atoms with E-state index in [2.05, 4.69) is 36.2 Å². The molecule has 1 atom stereocenters. The van der Waals surface area contributed by atoms with Crippen LogP contribution in [0, 0.1) is 0 Å². The number of benzene rings is 1. The minimum atomic E-state index is -0.639. The summed E-state index contributed by atoms with van der Waals surface area (Å²) in [5, 5.41) is 7.82. The average molecular weight is 483 g/mol. The number of aromatic nitrogens is 4. The van der Waals surface area contributed by atoms with Gasteiger partial charge in [-0.25, -0.2) is 9.37 Å². The highest BCUT2D eigenvalue weighted by molar-refractivity contribution is 6.33. The maximum Gasteiger partial charge on any atom is 0.306 e. The van der Waals surface area contributed by atoms with Crippen molar-refractivity contribution >= 4 is 40.3 Å². The van der Waals surface area contributed by atoms with Crippen LogP contribution in [0.3, 0.4) is 0 Å². The van der Waals surface area contributed by atoms with Gasteiger partial charge in [-0.3, -0.25) is 14.9 Å². The van der Waals surface area contributed by atoms with Gasteiger partial charge in [-0.2, -0.15) is 15.5 Å². The first-order valence-electron chi connectivity index (χ1n) is 10.4. The van der Waals surface area contributed by atoms with E-state index in [4.69, 9.17) is 16.3 Å². The lowest BCUT2D eigenvalue weighted by Crippen LogP contribution is -2.27. The Hall–Kier alpha value is -3.96. The van der Waals surface area contributed by atoms with E-state index in [1.807, 2.05) is 25.5 Å². The molecule has 3 aromatic heterocycles. The van der Waals surface area contributed by atoms with Crippen molar-refractivity contribution in [1.29, 1.82) is 0 Å². The highest BCUT2D eigenvalue weighted by Crippen LogP contribution is 2.31. The molecule has 4 N–H and O–H groups in total. The smallest absolute Gasteiger partial charge is 0.306 e. The van der Waals surface area contributed by atoms with Gasteiger partial charge >= 0.3 is 6.02 Å². The van der Waals surface area contributed by atoms with Crippen LogP contribution in [-0.2, 0) is 11.8 Å². The molecule has 1 fully saturated rings. The van der Waals surface area contributed by atoms with Crippen LogP contribution >= 0.6 is 11.6 Å². The first-order valence-corrected chi connectivity index (χ1v) is 10.8. The summed E-state index contributed by atoms with van der Waals surface area (Å²) in [7, 11) is 1.86. The second-order valence-electron chi connectivity index (χ2n) is 7.56. The number of carbonyl (C=O) groups excluding carboxylic acids is 1. The van der Waals surface area contributed by atoms with Crippen molar-refractivity contribution in [3.8, 4) is 11.1 Å². The van der Waals surface area contributed by atoms with Gasteiger partial charge in [-0.15, -0.1) is 0 Å². The molecule has 4 heterocycles. The van der Waals surface area contributed by atoms with E-state index in [-0.39, 0.29) is 17.6 Å². The zero-order chi connectivity index (χ0) is 23.7. The number of hydrogen-bond donors (Lipinski definition) is 4. The fraction of sp³-hybridized carbons (Fsp3) is 0.182. The summed E-state index contributed by atoms with van der Waals surface area (Å²) in [6, 6.07) is 6.86. The molecule has 1 aliphatic rings. The van der Waals surface area contributed by atoms with Gasteiger partial charge in [0.05, 0.1) is 16.9 Å². The molecule has 1 aromatic carbocycles. The Morgan fingerprint density at radius 3 is 2.97 bits per heavy atom. The molecule has 12 heteroatoms. The Labute approximate surface area is 198 Å². The fourth-order valence-electron chi connectivity index (χ4n) is 3.57. The molecule has 174 valence electrons. The Morgan fingerprint density at radius 1 is 1.32 bits per heavy atom. The molecule has 1 unspecified atom stereocenters. The number of ether oxygens (including phenoxy) is 1. The molecule has 0 spiro atoms. The van der Waals surface area contributed by atoms with E-state index >= 15 is 0 Å². The Kier molecular flexibility index (Phi) is 5.86. The number of rotatable bonds is 6. The number of aryl methyl sites for hydroxylation is 1. The lowest BCUT2D eigenvalue weighted by molar-refractivity contribution is 0.0951. The first kappa shape index (κ1) is 21.9. The van der Waals surface area contributed by atoms with E-state index in [1.54, 1.807) is 29.2 Å². The van der Waals surface area contributed by atoms with Crippen LogP contribution in [0.25, 0.3) is 22.2 Å². The third kappa shape index (κ3) is 4.30. The zero-order valence-electron chi connectivity index (χ0n) is 18.0. The number of nitrogens with one attached hydrogen (secondary N) is 4. The van der Waals surface area contributed by atoms with Crippen molar-refractivity contribution in [3.63, 3.8) is 0 Å². The summed E-state index contributed by atoms with van der Waals surface area (Å²) < 4.78 is 19.9. The number of pyridine rings is 1. The fourth-order valence-corrected chi connectivity index (χ4v) is 3.80. The molecule has 1 amide bonds. The molecular weight excluding hydrogens is 463 g/mol. The van der Waals surface area contributed by atoms with Crippen LogP contribution in [0.1, 0.15) is 22.1 Å². The van der Waals surface area contributed by atoms with Crippen LogP contribution in [0.5, 0.6) is 0 Å². The summed E-state index contributed by atoms with van der Waals surface area (Å²) >= 11 is 6.29. The van der Waals surface area contributed by atoms with Crippen molar-refractivity contribution < 1.29 is 13.9 Å². The molecule has 34 heavy (non-hydrogen) atoms. The Balaban J connectivity index is 1.35. The standard InChI is InChI=1S/C22H20ClFN8O2/c1-32-11-14(9-28-32)13-6-15-16(10-27-19(15)26-8-13)21-30-31-22(34-21)29-18-3-2-12(7-17(18)23)20(33)25-5-4-24/h2-3,6-11,21,30H,4-5H2,1H3,(H,25,33)(H,26,27)(H,29,31). The molecule has 0 bridgehead atoms. The monoisotopic (exact) mass is 482 g/mol. The van der Waals surface area contributed by atoms with Gasteiger partial charge in [0, 0.05) is 59.8 Å². The van der Waals surface area contributed by atoms with Gasteiger partial charge in [-0.05, 0) is 24.3 Å². The van der Waals surface area contributed by atoms with Gasteiger partial charge in [0.25, 0.3) is 5.91 Å². The highest BCUT2D eigenvalue weighted by atomic mass is 35.5. The molecule has 1 aliphatic heterocycles. The van der Waals surface area contributed by atoms with E-state index < -0.39 is 18.8 Å². The predicted molar refractivity (Wildman–Crippen MR) is 125 cm³/mol. The molecule has 0 aliphatic carbocycles. The highest BCUT2D eigenvalue weighted by Gasteiger charge is 2.26. The number of aromatic amines is 1. The Bertz CT molecular complexity index is 1400. The number of hydrogen-bond acceptors (Lipinski definition) is 6. The van der Waals surface area contributed by atoms with Crippen LogP contribution in [-0.4, -0.2) is 44.9 Å². The molecule has 1 saturated heterocycles. The number of amides is 1. The predicted octanol–water partition coefficient (Wildman–Crippen LogP) is 3.13. The van der Waals surface area contributed by atoms with Crippen LogP contribution in [0.4, 0.5) is 10.1 Å². The quantitative estimate of drug-likeness (QED) is 0.335. The minimum absolute atomic E-state index is 0.0571. The van der Waals surface area contributed by atoms with Crippen molar-refractivity contribution in [2.75, 3.05) is 13.2 Å². The van der Waals surface area contributed by atoms with Crippen molar-refractivity contribution in [1.82, 2.24) is 35.9 Å². The topological polar surface area (TPSA) is 121 Å². The number of alkyl halides is 1. The molecule has 10 nitrogen and oxygen atoms in total. The second kappa shape index (κ2) is 9.12. The van der Waals surface area contributed by atoms with Crippen molar-refractivity contribution in [2.45, 2.75) is 6.23 Å². The number of H-pyrrole nitrogens is 1. The van der Waals surface area contributed by atoms with Crippen LogP contribution in [0.15, 0.2) is 54.0 Å². The van der Waals surface area contributed by atoms with Gasteiger partial charge in [0.2, 0.25) is 0 Å². The number of carbonyl (C=O) groups is 1. The zero-order valence-corrected chi connectivity index (χ0v) is 18.7. The number of hydrazine groups is 1. The van der Waals surface area contributed by atoms with Crippen molar-refractivity contribution in [2.24, 2.45) is 12.0 Å². The van der Waals surface area contributed by atoms with E-state index in [0.717, 1.165) is 27.7 Å². The number of fused-ring (bicyclic) bond motifs is 1. The van der Waals surface area contributed by atoms with E-state index in [9.17, 15) is 9.18 Å². The SMILES string of the molecule is Cn1cc(-c2cnc3[nH]cc(C4NNC(=Nc5ccc(C(=O)NCCF)cc5Cl)O4)c3c2)cn1. The summed E-state index contributed by atoms with van der Waals surface area (Å²) in [4.78, 5) is 24.0. The van der Waals surface area contributed by atoms with Gasteiger partial charge in [0.15, 0.2) is 6.23 Å². The maximum atomic E-state index is 12.3. The summed E-state index contributed by atoms with van der Waals surface area (Å²) in [5.41, 5.74) is 10.1. The summed E-state index contributed by atoms with van der Waals surface area (Å²) in [6.07, 6.45) is 6.79. The van der Waals surface area contributed by atoms with Gasteiger partial charge < -0.3 is 15.0 Å². The third-order valence-electron chi connectivity index (χ3n) is 5.24. The van der Waals surface area contributed by atoms with Gasteiger partial charge in [-0.1, -0.05) is 11.6 Å². The number of amidine groups is 1. The number of halogens is 2. The average Bonchev–Trinajstić information content (AvgIpc) is 3.58. The second-order valence-corrected chi connectivity index (χ2v) is 7.97. The lowest BCUT2D eigenvalue weighted by atomic mass is 10.1. The summed E-state index contributed by atoms with van der Waals surface area (Å²) in [6.45, 7) is -0.696. The van der Waals surface area contributed by atoms with Crippen LogP contribution in [0.2, 0.25) is 5.02 Å². The summed E-state index contributed by atoms with van der Waals surface area (Å²) in [5.74, 6) is -0.408. The normalized spacial score (nSPS) is 16.6. The van der Waals surface area contributed by atoms with Gasteiger partial charge in [0.1, 0.15) is 12.3 Å². The Morgan fingerprint density at radius 2 is 2.21 bits per heavy atom. The van der Waals surface area contributed by atoms with Crippen LogP contribution < -0.4 is 16.2 Å². The number of aliphatic imine (C=N–C) groups is 1. The largest absolute Gasteiger partial charge is 0.439 e. The molecule has 0 radical (unpaired) electrons. The molecular formula is C22H20ClFN8O2. The number of nitrogens with zero attached hydrogens (tertiary/aromatic N) is 4. The van der Waals surface area contributed by atoms with E-state index in [0.29, 0.717) is 11.3 Å². The van der Waals surface area contributed by atoms with E-state index in [1.165, 1.54) is 6.07 Å². The third-order valence-corrected chi connectivity index (χ3v) is 5.54. The molecule has 0 saturated carbocycles. The van der Waals surface area contributed by atoms with Crippen molar-refractivity contribution in [3.05, 3.63) is 65.2 Å². The molecule has 4 aromatic rings. The molecule has 5 rings (SSSR count).